The zero-order chi connectivity index (χ0) is 16.1. The van der Waals surface area contributed by atoms with E-state index in [1.165, 1.54) is 24.3 Å². The van der Waals surface area contributed by atoms with Gasteiger partial charge in [0.15, 0.2) is 5.69 Å². The highest BCUT2D eigenvalue weighted by molar-refractivity contribution is 5.86. The molecule has 0 saturated heterocycles. The van der Waals surface area contributed by atoms with Crippen LogP contribution in [-0.2, 0) is 4.74 Å². The van der Waals surface area contributed by atoms with Crippen molar-refractivity contribution in [3.05, 3.63) is 42.0 Å². The number of benzene rings is 1. The largest absolute Gasteiger partial charge is 0.476 e. The molecule has 2 rings (SSSR count). The van der Waals surface area contributed by atoms with Crippen LogP contribution in [0.25, 0.3) is 11.3 Å². The van der Waals surface area contributed by atoms with Gasteiger partial charge in [-0.05, 0) is 31.2 Å². The molecule has 6 nitrogen and oxygen atoms in total. The zero-order valence-corrected chi connectivity index (χ0v) is 12.1. The van der Waals surface area contributed by atoms with E-state index in [1.807, 2.05) is 6.92 Å². The first kappa shape index (κ1) is 15.8. The molecule has 1 aromatic carbocycles. The molecule has 0 saturated carbocycles. The normalized spacial score (nSPS) is 12.0. The van der Waals surface area contributed by atoms with E-state index in [0.717, 1.165) is 6.20 Å². The minimum absolute atomic E-state index is 0.165. The first-order chi connectivity index (χ1) is 10.5. The van der Waals surface area contributed by atoms with E-state index < -0.39 is 11.8 Å². The number of nitrogens with zero attached hydrogens (tertiary/aromatic N) is 2. The zero-order valence-electron chi connectivity index (χ0n) is 12.1. The van der Waals surface area contributed by atoms with Gasteiger partial charge in [-0.2, -0.15) is 0 Å². The molecule has 0 bridgehead atoms. The fraction of sp³-hybridized carbons (Fsp3) is 0.267. The quantitative estimate of drug-likeness (QED) is 0.882. The summed E-state index contributed by atoms with van der Waals surface area (Å²) in [6.07, 6.45) is 0.948. The molecule has 0 spiro atoms. The van der Waals surface area contributed by atoms with Crippen LogP contribution in [0.2, 0.25) is 0 Å². The van der Waals surface area contributed by atoms with Crippen LogP contribution in [0.3, 0.4) is 0 Å². The predicted molar refractivity (Wildman–Crippen MR) is 76.4 cm³/mol. The second-order valence-electron chi connectivity index (χ2n) is 4.58. The molecule has 1 N–H and O–H groups in total. The van der Waals surface area contributed by atoms with E-state index in [2.05, 4.69) is 9.97 Å². The number of aromatic carboxylic acids is 1. The fourth-order valence-electron chi connectivity index (χ4n) is 1.65. The van der Waals surface area contributed by atoms with Gasteiger partial charge in [-0.25, -0.2) is 19.2 Å². The number of ether oxygens (including phenoxy) is 2. The van der Waals surface area contributed by atoms with Crippen molar-refractivity contribution >= 4 is 5.97 Å². The van der Waals surface area contributed by atoms with E-state index in [1.54, 1.807) is 7.11 Å². The topological polar surface area (TPSA) is 81.5 Å². The summed E-state index contributed by atoms with van der Waals surface area (Å²) in [5, 5.41) is 9.02. The van der Waals surface area contributed by atoms with Gasteiger partial charge in [0.25, 0.3) is 0 Å². The summed E-state index contributed by atoms with van der Waals surface area (Å²) in [6, 6.07) is 5.48. The van der Waals surface area contributed by atoms with E-state index in [0.29, 0.717) is 5.56 Å². The van der Waals surface area contributed by atoms with Gasteiger partial charge in [-0.3, -0.25) is 0 Å². The monoisotopic (exact) mass is 306 g/mol. The number of rotatable bonds is 6. The number of carboxylic acids is 1. The molecule has 0 aliphatic heterocycles. The predicted octanol–water partition coefficient (Wildman–Crippen LogP) is 2.39. The van der Waals surface area contributed by atoms with Crippen molar-refractivity contribution in [1.29, 1.82) is 0 Å². The lowest BCUT2D eigenvalue weighted by molar-refractivity contribution is 0.0679. The molecular formula is C15H15FN2O4. The molecule has 0 aliphatic carbocycles. The number of aromatic nitrogens is 2. The Kier molecular flexibility index (Phi) is 5.00. The summed E-state index contributed by atoms with van der Waals surface area (Å²) in [4.78, 5) is 19.1. The first-order valence-corrected chi connectivity index (χ1v) is 6.53. The lowest BCUT2D eigenvalue weighted by Gasteiger charge is -2.13. The molecule has 7 heteroatoms. The Morgan fingerprint density at radius 2 is 2.05 bits per heavy atom. The van der Waals surface area contributed by atoms with Gasteiger partial charge in [-0.15, -0.1) is 0 Å². The molecule has 1 aromatic heterocycles. The van der Waals surface area contributed by atoms with Gasteiger partial charge in [-0.1, -0.05) is 0 Å². The minimum Gasteiger partial charge on any atom is -0.476 e. The van der Waals surface area contributed by atoms with Gasteiger partial charge in [0.05, 0.1) is 12.3 Å². The first-order valence-electron chi connectivity index (χ1n) is 6.53. The van der Waals surface area contributed by atoms with Gasteiger partial charge in [0.2, 0.25) is 5.88 Å². The SMILES string of the molecule is CO[C@@H](C)COc1ncc(C(=O)O)nc1-c1ccc(F)cc1. The van der Waals surface area contributed by atoms with Gasteiger partial charge in [0.1, 0.15) is 18.1 Å². The van der Waals surface area contributed by atoms with Gasteiger partial charge < -0.3 is 14.6 Å². The van der Waals surface area contributed by atoms with E-state index in [4.69, 9.17) is 14.6 Å². The molecule has 0 unspecified atom stereocenters. The van der Waals surface area contributed by atoms with Crippen LogP contribution < -0.4 is 4.74 Å². The lowest BCUT2D eigenvalue weighted by Crippen LogP contribution is -2.17. The summed E-state index contributed by atoms with van der Waals surface area (Å²) in [6.45, 7) is 2.04. The van der Waals surface area contributed by atoms with Crippen molar-refractivity contribution in [1.82, 2.24) is 9.97 Å². The molecule has 2 aromatic rings. The average Bonchev–Trinajstić information content (AvgIpc) is 2.53. The van der Waals surface area contributed by atoms with Crippen molar-refractivity contribution < 1.29 is 23.8 Å². The summed E-state index contributed by atoms with van der Waals surface area (Å²) in [7, 11) is 1.55. The summed E-state index contributed by atoms with van der Waals surface area (Å²) >= 11 is 0. The number of carbonyl (C=O) groups is 1. The minimum atomic E-state index is -1.20. The van der Waals surface area contributed by atoms with E-state index in [9.17, 15) is 9.18 Å². The van der Waals surface area contributed by atoms with Crippen LogP contribution in [0.15, 0.2) is 30.5 Å². The molecular weight excluding hydrogens is 291 g/mol. The van der Waals surface area contributed by atoms with Crippen LogP contribution in [0, 0.1) is 5.82 Å². The third kappa shape index (κ3) is 3.76. The molecule has 0 fully saturated rings. The molecule has 0 aliphatic rings. The third-order valence-electron chi connectivity index (χ3n) is 2.93. The van der Waals surface area contributed by atoms with Crippen molar-refractivity contribution in [3.63, 3.8) is 0 Å². The van der Waals surface area contributed by atoms with Crippen molar-refractivity contribution in [2.24, 2.45) is 0 Å². The standard InChI is InChI=1S/C15H15FN2O4/c1-9(21-2)8-22-14-13(10-3-5-11(16)6-4-10)18-12(7-17-14)15(19)20/h3-7,9H,8H2,1-2H3,(H,19,20)/t9-/m0/s1. The van der Waals surface area contributed by atoms with E-state index in [-0.39, 0.29) is 30.0 Å². The summed E-state index contributed by atoms with van der Waals surface area (Å²) < 4.78 is 23.6. The Bertz CT molecular complexity index is 661. The molecule has 0 amide bonds. The molecule has 1 atom stereocenters. The maximum absolute atomic E-state index is 13.0. The number of carboxylic acid groups (broad SMARTS) is 1. The van der Waals surface area contributed by atoms with Crippen molar-refractivity contribution in [2.45, 2.75) is 13.0 Å². The van der Waals surface area contributed by atoms with Crippen molar-refractivity contribution in [2.75, 3.05) is 13.7 Å². The maximum atomic E-state index is 13.0. The van der Waals surface area contributed by atoms with Crippen LogP contribution in [0.5, 0.6) is 5.88 Å². The van der Waals surface area contributed by atoms with Crippen LogP contribution in [-0.4, -0.2) is 40.9 Å². The highest BCUT2D eigenvalue weighted by atomic mass is 19.1. The molecule has 1 heterocycles. The second-order valence-corrected chi connectivity index (χ2v) is 4.58. The number of hydrogen-bond donors (Lipinski definition) is 1. The Labute approximate surface area is 126 Å². The highest BCUT2D eigenvalue weighted by Crippen LogP contribution is 2.26. The molecule has 116 valence electrons. The summed E-state index contributed by atoms with van der Waals surface area (Å²) in [5.74, 6) is -1.44. The van der Waals surface area contributed by atoms with Crippen molar-refractivity contribution in [3.8, 4) is 17.1 Å². The van der Waals surface area contributed by atoms with Crippen LogP contribution in [0.1, 0.15) is 17.4 Å². The van der Waals surface area contributed by atoms with Crippen LogP contribution >= 0.6 is 0 Å². The Balaban J connectivity index is 2.39. The number of halogens is 1. The van der Waals surface area contributed by atoms with Crippen LogP contribution in [0.4, 0.5) is 4.39 Å². The summed E-state index contributed by atoms with van der Waals surface area (Å²) in [5.41, 5.74) is 0.534. The molecule has 22 heavy (non-hydrogen) atoms. The Hall–Kier alpha value is -2.54. The second kappa shape index (κ2) is 6.95. The smallest absolute Gasteiger partial charge is 0.356 e. The third-order valence-corrected chi connectivity index (χ3v) is 2.93. The molecule has 0 radical (unpaired) electrons. The Morgan fingerprint density at radius 1 is 1.36 bits per heavy atom. The fourth-order valence-corrected chi connectivity index (χ4v) is 1.65. The maximum Gasteiger partial charge on any atom is 0.356 e. The lowest BCUT2D eigenvalue weighted by atomic mass is 10.1. The number of methoxy groups -OCH3 is 1. The van der Waals surface area contributed by atoms with E-state index >= 15 is 0 Å². The van der Waals surface area contributed by atoms with Gasteiger partial charge in [0, 0.05) is 12.7 Å². The average molecular weight is 306 g/mol. The number of hydrogen-bond acceptors (Lipinski definition) is 5. The van der Waals surface area contributed by atoms with Gasteiger partial charge >= 0.3 is 5.97 Å². The Morgan fingerprint density at radius 3 is 2.64 bits per heavy atom. The highest BCUT2D eigenvalue weighted by Gasteiger charge is 2.16.